The lowest BCUT2D eigenvalue weighted by Crippen LogP contribution is -2.04. The van der Waals surface area contributed by atoms with E-state index in [-0.39, 0.29) is 5.56 Å². The summed E-state index contributed by atoms with van der Waals surface area (Å²) in [5.41, 5.74) is -1.78. The number of rotatable bonds is 2. The molecule has 0 saturated carbocycles. The van der Waals surface area contributed by atoms with Gasteiger partial charge in [-0.05, 0) is 17.7 Å². The lowest BCUT2D eigenvalue weighted by atomic mass is 10.00. The normalized spacial score (nSPS) is 10.5. The molecule has 0 amide bonds. The van der Waals surface area contributed by atoms with Crippen LogP contribution in [0.2, 0.25) is 0 Å². The summed E-state index contributed by atoms with van der Waals surface area (Å²) < 4.78 is 79.8. The molecule has 0 fully saturated rings. The van der Waals surface area contributed by atoms with Crippen LogP contribution in [-0.4, -0.2) is 0 Å². The van der Waals surface area contributed by atoms with Gasteiger partial charge < -0.3 is 0 Å². The number of hydrogen-bond donors (Lipinski definition) is 0. The van der Waals surface area contributed by atoms with Crippen LogP contribution < -0.4 is 0 Å². The van der Waals surface area contributed by atoms with Crippen LogP contribution in [0.25, 0.3) is 11.1 Å². The largest absolute Gasteiger partial charge is 0.207 e. The standard InChI is InChI=1S/C14H5F6N/c15-8-2-1-7(5-6(8)3-4-21)9-10(16)12(18)14(20)13(19)11(9)17/h1-2,5H,3H2. The average molecular weight is 301 g/mol. The van der Waals surface area contributed by atoms with Gasteiger partial charge in [-0.25, -0.2) is 26.3 Å². The predicted octanol–water partition coefficient (Wildman–Crippen LogP) is 4.25. The van der Waals surface area contributed by atoms with Crippen molar-refractivity contribution in [2.75, 3.05) is 0 Å². The first-order valence-corrected chi connectivity index (χ1v) is 5.55. The molecule has 0 heterocycles. The van der Waals surface area contributed by atoms with E-state index < -0.39 is 52.5 Å². The maximum atomic E-state index is 13.6. The monoisotopic (exact) mass is 301 g/mol. The van der Waals surface area contributed by atoms with E-state index in [0.717, 1.165) is 18.2 Å². The van der Waals surface area contributed by atoms with E-state index in [4.69, 9.17) is 5.26 Å². The minimum absolute atomic E-state index is 0.209. The molecule has 0 spiro atoms. The molecule has 1 nitrogen and oxygen atoms in total. The van der Waals surface area contributed by atoms with Crippen LogP contribution in [0.5, 0.6) is 0 Å². The highest BCUT2D eigenvalue weighted by Gasteiger charge is 2.26. The molecule has 2 aromatic rings. The van der Waals surface area contributed by atoms with E-state index in [2.05, 4.69) is 0 Å². The summed E-state index contributed by atoms with van der Waals surface area (Å²) in [4.78, 5) is 0. The first-order valence-electron chi connectivity index (χ1n) is 5.55. The van der Waals surface area contributed by atoms with E-state index in [1.165, 1.54) is 0 Å². The molecule has 0 saturated heterocycles. The smallest absolute Gasteiger partial charge is 0.200 e. The third-order valence-corrected chi connectivity index (χ3v) is 2.81. The van der Waals surface area contributed by atoms with Crippen LogP contribution in [-0.2, 0) is 6.42 Å². The second-order valence-electron chi connectivity index (χ2n) is 4.09. The van der Waals surface area contributed by atoms with E-state index in [9.17, 15) is 26.3 Å². The maximum Gasteiger partial charge on any atom is 0.200 e. The fourth-order valence-corrected chi connectivity index (χ4v) is 1.81. The van der Waals surface area contributed by atoms with Crippen LogP contribution in [0.15, 0.2) is 18.2 Å². The number of halogens is 6. The van der Waals surface area contributed by atoms with Gasteiger partial charge in [-0.1, -0.05) is 6.07 Å². The zero-order valence-electron chi connectivity index (χ0n) is 10.2. The van der Waals surface area contributed by atoms with E-state index in [1.807, 2.05) is 0 Å². The molecule has 0 aliphatic carbocycles. The average Bonchev–Trinajstić information content (AvgIpc) is 2.47. The third-order valence-electron chi connectivity index (χ3n) is 2.81. The second-order valence-corrected chi connectivity index (χ2v) is 4.09. The Morgan fingerprint density at radius 2 is 1.33 bits per heavy atom. The summed E-state index contributed by atoms with van der Waals surface area (Å²) in [6.07, 6.45) is -0.408. The third kappa shape index (κ3) is 2.44. The molecule has 0 aliphatic rings. The van der Waals surface area contributed by atoms with Crippen LogP contribution >= 0.6 is 0 Å². The minimum Gasteiger partial charge on any atom is -0.207 e. The molecule has 0 aliphatic heterocycles. The number of nitrogens with zero attached hydrogens (tertiary/aromatic N) is 1. The molecular weight excluding hydrogens is 296 g/mol. The second kappa shape index (κ2) is 5.48. The van der Waals surface area contributed by atoms with Gasteiger partial charge in [-0.15, -0.1) is 0 Å². The van der Waals surface area contributed by atoms with Gasteiger partial charge in [0.05, 0.1) is 18.1 Å². The Hall–Kier alpha value is -2.49. The summed E-state index contributed by atoms with van der Waals surface area (Å²) in [5, 5.41) is 8.50. The highest BCUT2D eigenvalue weighted by Crippen LogP contribution is 2.32. The number of nitriles is 1. The van der Waals surface area contributed by atoms with Gasteiger partial charge in [0, 0.05) is 5.56 Å². The fourth-order valence-electron chi connectivity index (χ4n) is 1.81. The zero-order chi connectivity index (χ0) is 15.7. The van der Waals surface area contributed by atoms with E-state index in [0.29, 0.717) is 0 Å². The van der Waals surface area contributed by atoms with Gasteiger partial charge in [0.15, 0.2) is 23.3 Å². The Morgan fingerprint density at radius 3 is 1.86 bits per heavy atom. The number of hydrogen-bond acceptors (Lipinski definition) is 1. The molecule has 2 rings (SSSR count). The fraction of sp³-hybridized carbons (Fsp3) is 0.0714. The van der Waals surface area contributed by atoms with Crippen molar-refractivity contribution in [3.63, 3.8) is 0 Å². The summed E-state index contributed by atoms with van der Waals surface area (Å²) in [5.74, 6) is -11.3. The molecule has 0 atom stereocenters. The summed E-state index contributed by atoms with van der Waals surface area (Å²) in [6.45, 7) is 0. The van der Waals surface area contributed by atoms with Crippen LogP contribution in [0, 0.1) is 46.2 Å². The molecule has 0 aromatic heterocycles. The summed E-state index contributed by atoms with van der Waals surface area (Å²) in [6, 6.07) is 4.16. The van der Waals surface area contributed by atoms with E-state index >= 15 is 0 Å². The van der Waals surface area contributed by atoms with Crippen molar-refractivity contribution in [3.8, 4) is 17.2 Å². The molecule has 7 heteroatoms. The van der Waals surface area contributed by atoms with Gasteiger partial charge in [0.1, 0.15) is 5.82 Å². The van der Waals surface area contributed by atoms with Crippen molar-refractivity contribution >= 4 is 0 Å². The minimum atomic E-state index is -2.27. The van der Waals surface area contributed by atoms with Crippen molar-refractivity contribution in [2.45, 2.75) is 6.42 Å². The van der Waals surface area contributed by atoms with Crippen molar-refractivity contribution in [1.82, 2.24) is 0 Å². The highest BCUT2D eigenvalue weighted by molar-refractivity contribution is 5.66. The summed E-state index contributed by atoms with van der Waals surface area (Å²) >= 11 is 0. The Balaban J connectivity index is 2.74. The molecule has 0 radical (unpaired) electrons. The van der Waals surface area contributed by atoms with Crippen molar-refractivity contribution in [3.05, 3.63) is 58.7 Å². The first-order chi connectivity index (χ1) is 9.88. The van der Waals surface area contributed by atoms with Gasteiger partial charge in [-0.3, -0.25) is 0 Å². The van der Waals surface area contributed by atoms with Gasteiger partial charge in [0.25, 0.3) is 0 Å². The summed E-state index contributed by atoms with van der Waals surface area (Å²) in [7, 11) is 0. The Bertz CT molecular complexity index is 734. The maximum absolute atomic E-state index is 13.6. The molecule has 21 heavy (non-hydrogen) atoms. The Morgan fingerprint density at radius 1 is 0.810 bits per heavy atom. The van der Waals surface area contributed by atoms with E-state index in [1.54, 1.807) is 6.07 Å². The van der Waals surface area contributed by atoms with Crippen LogP contribution in [0.4, 0.5) is 26.3 Å². The van der Waals surface area contributed by atoms with Crippen molar-refractivity contribution in [2.24, 2.45) is 0 Å². The van der Waals surface area contributed by atoms with Gasteiger partial charge in [-0.2, -0.15) is 5.26 Å². The Kier molecular flexibility index (Phi) is 3.89. The first kappa shape index (κ1) is 14.9. The van der Waals surface area contributed by atoms with Crippen LogP contribution in [0.1, 0.15) is 5.56 Å². The predicted molar refractivity (Wildman–Crippen MR) is 60.9 cm³/mol. The topological polar surface area (TPSA) is 23.8 Å². The van der Waals surface area contributed by atoms with Crippen molar-refractivity contribution < 1.29 is 26.3 Å². The zero-order valence-corrected chi connectivity index (χ0v) is 10.2. The number of benzene rings is 2. The van der Waals surface area contributed by atoms with Crippen LogP contribution in [0.3, 0.4) is 0 Å². The molecular formula is C14H5F6N. The van der Waals surface area contributed by atoms with Gasteiger partial charge >= 0.3 is 0 Å². The molecule has 0 unspecified atom stereocenters. The molecule has 2 aromatic carbocycles. The molecule has 0 N–H and O–H groups in total. The van der Waals surface area contributed by atoms with Gasteiger partial charge in [0.2, 0.25) is 5.82 Å². The molecule has 108 valence electrons. The SMILES string of the molecule is N#CCc1cc(-c2c(F)c(F)c(F)c(F)c2F)ccc1F. The lowest BCUT2D eigenvalue weighted by molar-refractivity contribution is 0.381. The molecule has 0 bridgehead atoms. The van der Waals surface area contributed by atoms with Crippen molar-refractivity contribution in [1.29, 1.82) is 5.26 Å². The lowest BCUT2D eigenvalue weighted by Gasteiger charge is -2.09. The quantitative estimate of drug-likeness (QED) is 0.462. The Labute approximate surface area is 115 Å². The highest BCUT2D eigenvalue weighted by atomic mass is 19.2.